The van der Waals surface area contributed by atoms with E-state index in [-0.39, 0.29) is 5.91 Å². The van der Waals surface area contributed by atoms with Gasteiger partial charge in [0.2, 0.25) is 0 Å². The summed E-state index contributed by atoms with van der Waals surface area (Å²) in [6.45, 7) is 2.63. The smallest absolute Gasteiger partial charge is 0.255 e. The molecule has 0 radical (unpaired) electrons. The van der Waals surface area contributed by atoms with Crippen molar-refractivity contribution in [1.82, 2.24) is 5.32 Å². The van der Waals surface area contributed by atoms with Gasteiger partial charge in [0.15, 0.2) is 0 Å². The maximum atomic E-state index is 11.7. The van der Waals surface area contributed by atoms with Crippen molar-refractivity contribution in [2.75, 3.05) is 18.1 Å². The molecular formula is C11H14INO2. The Bertz CT molecular complexity index is 352. The fourth-order valence-electron chi connectivity index (χ4n) is 1.26. The fraction of sp³-hybridized carbons (Fsp3) is 0.364. The number of carbonyl (C=O) groups excluding carboxylic acids is 1. The van der Waals surface area contributed by atoms with Crippen LogP contribution in [-0.4, -0.2) is 24.0 Å². The zero-order valence-electron chi connectivity index (χ0n) is 8.84. The van der Waals surface area contributed by atoms with Gasteiger partial charge in [-0.05, 0) is 19.1 Å². The molecule has 82 valence electrons. The lowest BCUT2D eigenvalue weighted by Gasteiger charge is -2.09. The van der Waals surface area contributed by atoms with Crippen LogP contribution in [0.25, 0.3) is 0 Å². The number of alkyl halides is 1. The van der Waals surface area contributed by atoms with Crippen molar-refractivity contribution in [1.29, 1.82) is 0 Å². The van der Waals surface area contributed by atoms with Crippen LogP contribution in [0.3, 0.4) is 0 Å². The maximum Gasteiger partial charge on any atom is 0.255 e. The number of amides is 1. The first-order chi connectivity index (χ1) is 7.19. The predicted octanol–water partition coefficient (Wildman–Crippen LogP) is 2.17. The van der Waals surface area contributed by atoms with Gasteiger partial charge in [0.25, 0.3) is 5.91 Å². The molecule has 0 saturated heterocycles. The summed E-state index contributed by atoms with van der Waals surface area (Å²) in [6, 6.07) is 5.57. The standard InChI is InChI=1S/C11H14INO2/c1-8-3-4-10(15-2)9(7-8)11(14)13-6-5-12/h3-4,7H,5-6H2,1-2H3,(H,13,14). The van der Waals surface area contributed by atoms with Crippen molar-refractivity contribution in [3.05, 3.63) is 29.3 Å². The second kappa shape index (κ2) is 5.95. The number of benzene rings is 1. The number of hydrogen-bond acceptors (Lipinski definition) is 2. The van der Waals surface area contributed by atoms with Gasteiger partial charge < -0.3 is 10.1 Å². The van der Waals surface area contributed by atoms with Crippen molar-refractivity contribution in [2.45, 2.75) is 6.92 Å². The van der Waals surface area contributed by atoms with Gasteiger partial charge in [-0.2, -0.15) is 0 Å². The maximum absolute atomic E-state index is 11.7. The Morgan fingerprint density at radius 3 is 2.87 bits per heavy atom. The van der Waals surface area contributed by atoms with Gasteiger partial charge in [0.05, 0.1) is 12.7 Å². The molecule has 0 aromatic heterocycles. The molecule has 0 aliphatic rings. The number of methoxy groups -OCH3 is 1. The van der Waals surface area contributed by atoms with E-state index in [4.69, 9.17) is 4.74 Å². The van der Waals surface area contributed by atoms with Gasteiger partial charge in [-0.15, -0.1) is 0 Å². The lowest BCUT2D eigenvalue weighted by atomic mass is 10.1. The normalized spacial score (nSPS) is 9.80. The minimum absolute atomic E-state index is 0.0767. The highest BCUT2D eigenvalue weighted by atomic mass is 127. The summed E-state index contributed by atoms with van der Waals surface area (Å²) >= 11 is 2.22. The molecule has 1 aromatic rings. The van der Waals surface area contributed by atoms with E-state index in [1.807, 2.05) is 25.1 Å². The zero-order chi connectivity index (χ0) is 11.3. The largest absolute Gasteiger partial charge is 0.496 e. The highest BCUT2D eigenvalue weighted by molar-refractivity contribution is 14.1. The number of rotatable bonds is 4. The van der Waals surface area contributed by atoms with Crippen LogP contribution in [0, 0.1) is 6.92 Å². The molecule has 0 fully saturated rings. The van der Waals surface area contributed by atoms with Gasteiger partial charge in [-0.25, -0.2) is 0 Å². The monoisotopic (exact) mass is 319 g/mol. The molecule has 0 atom stereocenters. The fourth-order valence-corrected chi connectivity index (χ4v) is 1.52. The van der Waals surface area contributed by atoms with E-state index in [1.165, 1.54) is 0 Å². The number of ether oxygens (including phenoxy) is 1. The molecular weight excluding hydrogens is 305 g/mol. The number of carbonyl (C=O) groups is 1. The van der Waals surface area contributed by atoms with Gasteiger partial charge in [-0.1, -0.05) is 34.2 Å². The molecule has 0 heterocycles. The summed E-state index contributed by atoms with van der Waals surface area (Å²) in [5.74, 6) is 0.541. The van der Waals surface area contributed by atoms with Crippen LogP contribution in [0.15, 0.2) is 18.2 Å². The quantitative estimate of drug-likeness (QED) is 0.682. The summed E-state index contributed by atoms with van der Waals surface area (Å²) in [4.78, 5) is 11.7. The van der Waals surface area contributed by atoms with Crippen LogP contribution in [-0.2, 0) is 0 Å². The molecule has 0 unspecified atom stereocenters. The molecule has 15 heavy (non-hydrogen) atoms. The number of hydrogen-bond donors (Lipinski definition) is 1. The first-order valence-corrected chi connectivity index (χ1v) is 6.20. The van der Waals surface area contributed by atoms with Crippen molar-refractivity contribution in [3.8, 4) is 5.75 Å². The van der Waals surface area contributed by atoms with E-state index in [1.54, 1.807) is 7.11 Å². The van der Waals surface area contributed by atoms with E-state index in [9.17, 15) is 4.79 Å². The lowest BCUT2D eigenvalue weighted by Crippen LogP contribution is -2.25. The summed E-state index contributed by atoms with van der Waals surface area (Å²) in [7, 11) is 1.57. The highest BCUT2D eigenvalue weighted by Gasteiger charge is 2.11. The Labute approximate surface area is 103 Å². The Balaban J connectivity index is 2.90. The predicted molar refractivity (Wildman–Crippen MR) is 69.0 cm³/mol. The van der Waals surface area contributed by atoms with Crippen LogP contribution < -0.4 is 10.1 Å². The van der Waals surface area contributed by atoms with E-state index in [0.717, 1.165) is 9.99 Å². The zero-order valence-corrected chi connectivity index (χ0v) is 11.0. The van der Waals surface area contributed by atoms with Crippen LogP contribution in [0.1, 0.15) is 15.9 Å². The first kappa shape index (κ1) is 12.3. The molecule has 0 spiro atoms. The van der Waals surface area contributed by atoms with Gasteiger partial charge in [0.1, 0.15) is 5.75 Å². The SMILES string of the molecule is COc1ccc(C)cc1C(=O)NCCI. The summed E-state index contributed by atoms with van der Waals surface area (Å²) in [6.07, 6.45) is 0. The molecule has 1 N–H and O–H groups in total. The molecule has 3 nitrogen and oxygen atoms in total. The van der Waals surface area contributed by atoms with Gasteiger partial charge >= 0.3 is 0 Å². The molecule has 4 heteroatoms. The van der Waals surface area contributed by atoms with Crippen molar-refractivity contribution < 1.29 is 9.53 Å². The third-order valence-corrected chi connectivity index (χ3v) is 2.52. The van der Waals surface area contributed by atoms with Crippen molar-refractivity contribution in [3.63, 3.8) is 0 Å². The highest BCUT2D eigenvalue weighted by Crippen LogP contribution is 2.19. The first-order valence-electron chi connectivity index (χ1n) is 4.68. The van der Waals surface area contributed by atoms with Crippen LogP contribution in [0.2, 0.25) is 0 Å². The Hall–Kier alpha value is -0.780. The summed E-state index contributed by atoms with van der Waals surface area (Å²) in [5.41, 5.74) is 1.65. The van der Waals surface area contributed by atoms with Crippen LogP contribution >= 0.6 is 22.6 Å². The molecule has 0 aliphatic heterocycles. The second-order valence-corrected chi connectivity index (χ2v) is 4.23. The Morgan fingerprint density at radius 1 is 1.53 bits per heavy atom. The summed E-state index contributed by atoms with van der Waals surface area (Å²) in [5, 5.41) is 2.82. The Morgan fingerprint density at radius 2 is 2.27 bits per heavy atom. The minimum Gasteiger partial charge on any atom is -0.496 e. The van der Waals surface area contributed by atoms with Gasteiger partial charge in [-0.3, -0.25) is 4.79 Å². The number of nitrogens with one attached hydrogen (secondary N) is 1. The molecule has 0 aliphatic carbocycles. The van der Waals surface area contributed by atoms with E-state index in [0.29, 0.717) is 17.9 Å². The molecule has 1 amide bonds. The van der Waals surface area contributed by atoms with E-state index in [2.05, 4.69) is 27.9 Å². The second-order valence-electron chi connectivity index (χ2n) is 3.15. The molecule has 0 bridgehead atoms. The van der Waals surface area contributed by atoms with Gasteiger partial charge in [0, 0.05) is 11.0 Å². The number of halogens is 1. The molecule has 1 rings (SSSR count). The third-order valence-electron chi connectivity index (χ3n) is 1.98. The summed E-state index contributed by atoms with van der Waals surface area (Å²) < 4.78 is 6.04. The topological polar surface area (TPSA) is 38.3 Å². The minimum atomic E-state index is -0.0767. The average Bonchev–Trinajstić information content (AvgIpc) is 2.25. The average molecular weight is 319 g/mol. The molecule has 1 aromatic carbocycles. The van der Waals surface area contributed by atoms with Crippen molar-refractivity contribution in [2.24, 2.45) is 0 Å². The van der Waals surface area contributed by atoms with Crippen LogP contribution in [0.4, 0.5) is 0 Å². The number of aryl methyl sites for hydroxylation is 1. The molecule has 0 saturated carbocycles. The van der Waals surface area contributed by atoms with E-state index < -0.39 is 0 Å². The van der Waals surface area contributed by atoms with E-state index >= 15 is 0 Å². The lowest BCUT2D eigenvalue weighted by molar-refractivity contribution is 0.0953. The van der Waals surface area contributed by atoms with Crippen molar-refractivity contribution >= 4 is 28.5 Å². The van der Waals surface area contributed by atoms with Crippen LogP contribution in [0.5, 0.6) is 5.75 Å². The third kappa shape index (κ3) is 3.37. The Kier molecular flexibility index (Phi) is 4.87.